The Bertz CT molecular complexity index is 1510. The van der Waals surface area contributed by atoms with Gasteiger partial charge in [0.2, 0.25) is 11.8 Å². The van der Waals surface area contributed by atoms with E-state index in [2.05, 4.69) is 5.32 Å². The SMILES string of the molecule is CCC(C(=O)NC1CCCC1)N(Cc1ccccc1)C(=O)CN(c1cccc(C(F)(F)F)c1)S(=O)(=O)c1ccc(C)cc1. The molecule has 0 aliphatic heterocycles. The molecule has 0 radical (unpaired) electrons. The van der Waals surface area contributed by atoms with E-state index in [1.54, 1.807) is 50.2 Å². The van der Waals surface area contributed by atoms with E-state index >= 15 is 0 Å². The van der Waals surface area contributed by atoms with Crippen molar-refractivity contribution < 1.29 is 31.2 Å². The molecule has 3 aromatic rings. The second-order valence-electron chi connectivity index (χ2n) is 10.8. The van der Waals surface area contributed by atoms with Crippen molar-refractivity contribution in [1.82, 2.24) is 10.2 Å². The van der Waals surface area contributed by atoms with E-state index in [1.165, 1.54) is 23.1 Å². The minimum absolute atomic E-state index is 0.00116. The number of benzene rings is 3. The molecular formula is C32H36F3N3O4S. The van der Waals surface area contributed by atoms with E-state index in [4.69, 9.17) is 0 Å². The van der Waals surface area contributed by atoms with Gasteiger partial charge in [-0.15, -0.1) is 0 Å². The fraction of sp³-hybridized carbons (Fsp3) is 0.375. The molecule has 0 aromatic heterocycles. The summed E-state index contributed by atoms with van der Waals surface area (Å²) in [6, 6.07) is 17.8. The van der Waals surface area contributed by atoms with Gasteiger partial charge in [0.15, 0.2) is 0 Å². The van der Waals surface area contributed by atoms with Gasteiger partial charge in [-0.25, -0.2) is 8.42 Å². The minimum Gasteiger partial charge on any atom is -0.352 e. The van der Waals surface area contributed by atoms with E-state index in [0.717, 1.165) is 48.9 Å². The molecule has 2 amide bonds. The van der Waals surface area contributed by atoms with Crippen LogP contribution in [-0.4, -0.2) is 43.8 Å². The van der Waals surface area contributed by atoms with Crippen LogP contribution >= 0.6 is 0 Å². The van der Waals surface area contributed by atoms with Crippen molar-refractivity contribution in [3.8, 4) is 0 Å². The van der Waals surface area contributed by atoms with Crippen LogP contribution in [0.25, 0.3) is 0 Å². The fourth-order valence-electron chi connectivity index (χ4n) is 5.27. The molecule has 1 atom stereocenters. The molecule has 4 rings (SSSR count). The highest BCUT2D eigenvalue weighted by molar-refractivity contribution is 7.92. The number of alkyl halides is 3. The van der Waals surface area contributed by atoms with Crippen molar-refractivity contribution >= 4 is 27.5 Å². The molecule has 1 fully saturated rings. The van der Waals surface area contributed by atoms with Gasteiger partial charge in [-0.05, 0) is 62.1 Å². The summed E-state index contributed by atoms with van der Waals surface area (Å²) >= 11 is 0. The number of rotatable bonds is 11. The van der Waals surface area contributed by atoms with E-state index in [1.807, 2.05) is 6.07 Å². The van der Waals surface area contributed by atoms with Crippen molar-refractivity contribution in [3.63, 3.8) is 0 Å². The monoisotopic (exact) mass is 615 g/mol. The van der Waals surface area contributed by atoms with Crippen LogP contribution in [0.3, 0.4) is 0 Å². The smallest absolute Gasteiger partial charge is 0.352 e. The van der Waals surface area contributed by atoms with Crippen LogP contribution in [0.1, 0.15) is 55.7 Å². The first-order valence-corrected chi connectivity index (χ1v) is 15.7. The van der Waals surface area contributed by atoms with Gasteiger partial charge in [0.25, 0.3) is 10.0 Å². The second kappa shape index (κ2) is 13.6. The van der Waals surface area contributed by atoms with E-state index in [9.17, 15) is 31.2 Å². The topological polar surface area (TPSA) is 86.8 Å². The average molecular weight is 616 g/mol. The molecule has 7 nitrogen and oxygen atoms in total. The summed E-state index contributed by atoms with van der Waals surface area (Å²) in [5.74, 6) is -1.06. The lowest BCUT2D eigenvalue weighted by molar-refractivity contribution is -0.140. The molecule has 0 bridgehead atoms. The van der Waals surface area contributed by atoms with Gasteiger partial charge in [0.05, 0.1) is 16.1 Å². The van der Waals surface area contributed by atoms with Gasteiger partial charge >= 0.3 is 6.18 Å². The molecular weight excluding hydrogens is 579 g/mol. The van der Waals surface area contributed by atoms with Gasteiger partial charge in [-0.1, -0.05) is 73.9 Å². The lowest BCUT2D eigenvalue weighted by Gasteiger charge is -2.34. The van der Waals surface area contributed by atoms with Crippen LogP contribution in [0.2, 0.25) is 0 Å². The van der Waals surface area contributed by atoms with Gasteiger partial charge < -0.3 is 10.2 Å². The maximum absolute atomic E-state index is 14.1. The Kier molecular flexibility index (Phi) is 10.2. The molecule has 1 aliphatic rings. The number of carbonyl (C=O) groups is 2. The Balaban J connectivity index is 1.75. The van der Waals surface area contributed by atoms with Crippen molar-refractivity contribution in [3.05, 3.63) is 95.6 Å². The quantitative estimate of drug-likeness (QED) is 0.284. The van der Waals surface area contributed by atoms with Gasteiger partial charge in [0, 0.05) is 12.6 Å². The Morgan fingerprint density at radius 2 is 1.60 bits per heavy atom. The number of anilines is 1. The molecule has 43 heavy (non-hydrogen) atoms. The molecule has 1 aliphatic carbocycles. The predicted molar refractivity (Wildman–Crippen MR) is 159 cm³/mol. The average Bonchev–Trinajstić information content (AvgIpc) is 3.49. The third kappa shape index (κ3) is 7.95. The summed E-state index contributed by atoms with van der Waals surface area (Å²) in [6.07, 6.45) is -0.802. The highest BCUT2D eigenvalue weighted by Crippen LogP contribution is 2.33. The molecule has 0 spiro atoms. The van der Waals surface area contributed by atoms with Gasteiger partial charge in [-0.2, -0.15) is 13.2 Å². The number of halogens is 3. The normalized spacial score (nSPS) is 14.7. The third-order valence-corrected chi connectivity index (χ3v) is 9.42. The number of hydrogen-bond acceptors (Lipinski definition) is 4. The number of nitrogens with zero attached hydrogens (tertiary/aromatic N) is 2. The Morgan fingerprint density at radius 1 is 0.953 bits per heavy atom. The number of sulfonamides is 1. The highest BCUT2D eigenvalue weighted by Gasteiger charge is 2.36. The van der Waals surface area contributed by atoms with Crippen molar-refractivity contribution in [1.29, 1.82) is 0 Å². The zero-order chi connectivity index (χ0) is 31.2. The molecule has 1 saturated carbocycles. The maximum Gasteiger partial charge on any atom is 0.416 e. The van der Waals surface area contributed by atoms with Crippen molar-refractivity contribution in [2.45, 2.75) is 75.7 Å². The third-order valence-electron chi connectivity index (χ3n) is 7.63. The fourth-order valence-corrected chi connectivity index (χ4v) is 6.68. The summed E-state index contributed by atoms with van der Waals surface area (Å²) in [4.78, 5) is 28.7. The zero-order valence-electron chi connectivity index (χ0n) is 24.2. The predicted octanol–water partition coefficient (Wildman–Crippen LogP) is 6.08. The Morgan fingerprint density at radius 3 is 2.21 bits per heavy atom. The first kappa shape index (κ1) is 32.1. The summed E-state index contributed by atoms with van der Waals surface area (Å²) in [5, 5.41) is 3.03. The van der Waals surface area contributed by atoms with Crippen LogP contribution in [0.5, 0.6) is 0 Å². The second-order valence-corrected chi connectivity index (χ2v) is 12.7. The molecule has 0 saturated heterocycles. The van der Waals surface area contributed by atoms with Gasteiger partial charge in [0.1, 0.15) is 12.6 Å². The van der Waals surface area contributed by atoms with Crippen LogP contribution in [-0.2, 0) is 32.3 Å². The van der Waals surface area contributed by atoms with E-state index in [-0.39, 0.29) is 35.5 Å². The number of nitrogens with one attached hydrogen (secondary N) is 1. The lowest BCUT2D eigenvalue weighted by atomic mass is 10.1. The van der Waals surface area contributed by atoms with Crippen molar-refractivity contribution in [2.24, 2.45) is 0 Å². The Labute approximate surface area is 250 Å². The number of amides is 2. The summed E-state index contributed by atoms with van der Waals surface area (Å²) < 4.78 is 69.5. The molecule has 230 valence electrons. The summed E-state index contributed by atoms with van der Waals surface area (Å²) in [7, 11) is -4.49. The highest BCUT2D eigenvalue weighted by atomic mass is 32.2. The maximum atomic E-state index is 14.1. The minimum atomic E-state index is -4.73. The zero-order valence-corrected chi connectivity index (χ0v) is 25.0. The number of carbonyl (C=O) groups excluding carboxylic acids is 2. The molecule has 1 N–H and O–H groups in total. The van der Waals surface area contributed by atoms with Crippen molar-refractivity contribution in [2.75, 3.05) is 10.8 Å². The first-order chi connectivity index (χ1) is 20.4. The van der Waals surface area contributed by atoms with Crippen LogP contribution in [0, 0.1) is 6.92 Å². The number of hydrogen-bond donors (Lipinski definition) is 1. The van der Waals surface area contributed by atoms with Gasteiger partial charge in [-0.3, -0.25) is 13.9 Å². The summed E-state index contributed by atoms with van der Waals surface area (Å²) in [5.41, 5.74) is 0.140. The van der Waals surface area contributed by atoms with Crippen LogP contribution in [0.15, 0.2) is 83.8 Å². The standard InChI is InChI=1S/C32H36F3N3O4S/c1-3-29(31(40)36-26-13-7-8-14-26)37(21-24-10-5-4-6-11-24)30(39)22-38(27-15-9-12-25(20-27)32(33,34)35)43(41,42)28-18-16-23(2)17-19-28/h4-6,9-12,15-20,26,29H,3,7-8,13-14,21-22H2,1-2H3,(H,36,40). The Hall–Kier alpha value is -3.86. The summed E-state index contributed by atoms with van der Waals surface area (Å²) in [6.45, 7) is 2.74. The molecule has 3 aromatic carbocycles. The van der Waals surface area contributed by atoms with Crippen LogP contribution in [0.4, 0.5) is 18.9 Å². The molecule has 0 heterocycles. The lowest BCUT2D eigenvalue weighted by Crippen LogP contribution is -2.53. The number of aryl methyl sites for hydroxylation is 1. The van der Waals surface area contributed by atoms with Crippen LogP contribution < -0.4 is 9.62 Å². The molecule has 11 heteroatoms. The first-order valence-electron chi connectivity index (χ1n) is 14.3. The van der Waals surface area contributed by atoms with E-state index in [0.29, 0.717) is 10.4 Å². The van der Waals surface area contributed by atoms with E-state index < -0.39 is 40.3 Å². The molecule has 1 unspecified atom stereocenters. The largest absolute Gasteiger partial charge is 0.416 e.